The zero-order valence-electron chi connectivity index (χ0n) is 12.2. The van der Waals surface area contributed by atoms with Crippen LogP contribution in [0.25, 0.3) is 0 Å². The van der Waals surface area contributed by atoms with Gasteiger partial charge in [-0.3, -0.25) is 5.41 Å². The number of rotatable bonds is 8. The van der Waals surface area contributed by atoms with Gasteiger partial charge in [0, 0.05) is 25.2 Å². The fraction of sp³-hybridized carbons (Fsp3) is 0.562. The van der Waals surface area contributed by atoms with Crippen molar-refractivity contribution in [1.82, 2.24) is 4.90 Å². The molecule has 110 valence electrons. The van der Waals surface area contributed by atoms with Crippen LogP contribution < -0.4 is 10.6 Å². The summed E-state index contributed by atoms with van der Waals surface area (Å²) in [5, 5.41) is 7.41. The van der Waals surface area contributed by atoms with E-state index < -0.39 is 0 Å². The topological polar surface area (TPSA) is 56.4 Å². The maximum Gasteiger partial charge on any atom is 0.0923 e. The third-order valence-corrected chi connectivity index (χ3v) is 3.87. The second-order valence-electron chi connectivity index (χ2n) is 5.50. The maximum absolute atomic E-state index is 7.41. The highest BCUT2D eigenvalue weighted by Crippen LogP contribution is 2.15. The standard InChI is InChI=1S/C16H26N4/c17-16(18)9-14-20(15-7-2-1-3-8-15)13-6-12-19-10-4-5-11-19/h1-3,7-8H,4-6,9-14H2,(H3,17,18). The number of likely N-dealkylation sites (tertiary alicyclic amines) is 1. The monoisotopic (exact) mass is 274 g/mol. The Morgan fingerprint density at radius 1 is 1.15 bits per heavy atom. The second kappa shape index (κ2) is 7.90. The number of amidine groups is 1. The smallest absolute Gasteiger partial charge is 0.0923 e. The molecule has 0 radical (unpaired) electrons. The summed E-state index contributed by atoms with van der Waals surface area (Å²) in [5.41, 5.74) is 6.73. The van der Waals surface area contributed by atoms with E-state index in [1.807, 2.05) is 6.07 Å². The fourth-order valence-corrected chi connectivity index (χ4v) is 2.76. The van der Waals surface area contributed by atoms with Gasteiger partial charge < -0.3 is 15.5 Å². The zero-order chi connectivity index (χ0) is 14.2. The van der Waals surface area contributed by atoms with Crippen molar-refractivity contribution in [2.75, 3.05) is 37.6 Å². The predicted molar refractivity (Wildman–Crippen MR) is 85.5 cm³/mol. The third-order valence-electron chi connectivity index (χ3n) is 3.87. The summed E-state index contributed by atoms with van der Waals surface area (Å²) < 4.78 is 0. The van der Waals surface area contributed by atoms with E-state index in [2.05, 4.69) is 34.1 Å². The molecule has 1 aromatic rings. The molecule has 0 saturated carbocycles. The number of nitrogens with one attached hydrogen (secondary N) is 1. The average Bonchev–Trinajstić information content (AvgIpc) is 2.96. The Hall–Kier alpha value is -1.55. The van der Waals surface area contributed by atoms with Gasteiger partial charge in [-0.1, -0.05) is 18.2 Å². The summed E-state index contributed by atoms with van der Waals surface area (Å²) in [7, 11) is 0. The molecule has 3 N–H and O–H groups in total. The van der Waals surface area contributed by atoms with Crippen molar-refractivity contribution in [2.45, 2.75) is 25.7 Å². The largest absolute Gasteiger partial charge is 0.388 e. The molecule has 1 saturated heterocycles. The van der Waals surface area contributed by atoms with E-state index in [1.54, 1.807) is 0 Å². The highest BCUT2D eigenvalue weighted by molar-refractivity contribution is 5.77. The Morgan fingerprint density at radius 3 is 2.50 bits per heavy atom. The second-order valence-corrected chi connectivity index (χ2v) is 5.50. The lowest BCUT2D eigenvalue weighted by molar-refractivity contribution is 0.334. The van der Waals surface area contributed by atoms with Crippen LogP contribution >= 0.6 is 0 Å². The third kappa shape index (κ3) is 4.85. The molecular formula is C16H26N4. The van der Waals surface area contributed by atoms with Crippen molar-refractivity contribution in [3.63, 3.8) is 0 Å². The van der Waals surface area contributed by atoms with Crippen LogP contribution in [0.1, 0.15) is 25.7 Å². The normalized spacial score (nSPS) is 15.4. The number of anilines is 1. The van der Waals surface area contributed by atoms with Crippen LogP contribution in [-0.4, -0.2) is 43.5 Å². The molecule has 4 heteroatoms. The molecule has 2 rings (SSSR count). The lowest BCUT2D eigenvalue weighted by atomic mass is 10.2. The van der Waals surface area contributed by atoms with E-state index >= 15 is 0 Å². The highest BCUT2D eigenvalue weighted by Gasteiger charge is 2.12. The van der Waals surface area contributed by atoms with Crippen LogP contribution in [-0.2, 0) is 0 Å². The van der Waals surface area contributed by atoms with Crippen LogP contribution in [0.2, 0.25) is 0 Å². The predicted octanol–water partition coefficient (Wildman–Crippen LogP) is 2.30. The minimum absolute atomic E-state index is 0.269. The first kappa shape index (κ1) is 14.9. The molecule has 1 aromatic carbocycles. The molecule has 20 heavy (non-hydrogen) atoms. The quantitative estimate of drug-likeness (QED) is 0.565. The molecule has 1 fully saturated rings. The van der Waals surface area contributed by atoms with Gasteiger partial charge in [-0.15, -0.1) is 0 Å². The lowest BCUT2D eigenvalue weighted by Gasteiger charge is -2.26. The number of hydrogen-bond acceptors (Lipinski definition) is 3. The average molecular weight is 274 g/mol. The van der Waals surface area contributed by atoms with Gasteiger partial charge >= 0.3 is 0 Å². The molecule has 1 aliphatic rings. The number of hydrogen-bond donors (Lipinski definition) is 2. The van der Waals surface area contributed by atoms with Gasteiger partial charge in [-0.05, 0) is 51.0 Å². The molecule has 0 atom stereocenters. The van der Waals surface area contributed by atoms with E-state index in [1.165, 1.54) is 44.6 Å². The summed E-state index contributed by atoms with van der Waals surface area (Å²) in [6.45, 7) is 5.58. The van der Waals surface area contributed by atoms with Crippen molar-refractivity contribution < 1.29 is 0 Å². The molecule has 0 spiro atoms. The van der Waals surface area contributed by atoms with E-state index in [9.17, 15) is 0 Å². The number of nitrogens with zero attached hydrogens (tertiary/aromatic N) is 2. The van der Waals surface area contributed by atoms with Crippen molar-refractivity contribution >= 4 is 11.5 Å². The molecule has 0 unspecified atom stereocenters. The Kier molecular flexibility index (Phi) is 5.87. The maximum atomic E-state index is 7.41. The van der Waals surface area contributed by atoms with Crippen LogP contribution in [0.15, 0.2) is 30.3 Å². The van der Waals surface area contributed by atoms with Gasteiger partial charge in [0.05, 0.1) is 5.84 Å². The van der Waals surface area contributed by atoms with Gasteiger partial charge in [-0.25, -0.2) is 0 Å². The summed E-state index contributed by atoms with van der Waals surface area (Å²) in [6.07, 6.45) is 4.52. The van der Waals surface area contributed by atoms with Crippen LogP contribution in [0, 0.1) is 5.41 Å². The minimum Gasteiger partial charge on any atom is -0.388 e. The van der Waals surface area contributed by atoms with Gasteiger partial charge in [0.1, 0.15) is 0 Å². The summed E-state index contributed by atoms with van der Waals surface area (Å²) in [4.78, 5) is 4.89. The Balaban J connectivity index is 1.83. The van der Waals surface area contributed by atoms with Crippen molar-refractivity contribution in [3.05, 3.63) is 30.3 Å². The van der Waals surface area contributed by atoms with Crippen LogP contribution in [0.4, 0.5) is 5.69 Å². The molecule has 1 heterocycles. The number of para-hydroxylation sites is 1. The molecule has 0 bridgehead atoms. The summed E-state index contributed by atoms with van der Waals surface area (Å²) in [6, 6.07) is 10.4. The van der Waals surface area contributed by atoms with E-state index in [0.717, 1.165) is 13.1 Å². The first-order chi connectivity index (χ1) is 9.75. The molecule has 0 aliphatic carbocycles. The molecule has 4 nitrogen and oxygen atoms in total. The first-order valence-corrected chi connectivity index (χ1v) is 7.61. The van der Waals surface area contributed by atoms with Gasteiger partial charge in [0.2, 0.25) is 0 Å². The highest BCUT2D eigenvalue weighted by atomic mass is 15.2. The van der Waals surface area contributed by atoms with Crippen molar-refractivity contribution in [2.24, 2.45) is 5.73 Å². The Morgan fingerprint density at radius 2 is 1.85 bits per heavy atom. The van der Waals surface area contributed by atoms with Crippen LogP contribution in [0.3, 0.4) is 0 Å². The molecule has 0 aromatic heterocycles. The molecule has 0 amide bonds. The Bertz CT molecular complexity index is 398. The van der Waals surface area contributed by atoms with Gasteiger partial charge in [0.25, 0.3) is 0 Å². The Labute approximate surface area is 122 Å². The minimum atomic E-state index is 0.269. The lowest BCUT2D eigenvalue weighted by Crippen LogP contribution is -2.31. The molecule has 1 aliphatic heterocycles. The van der Waals surface area contributed by atoms with Crippen LogP contribution in [0.5, 0.6) is 0 Å². The van der Waals surface area contributed by atoms with E-state index in [4.69, 9.17) is 11.1 Å². The molecular weight excluding hydrogens is 248 g/mol. The summed E-state index contributed by atoms with van der Waals surface area (Å²) in [5.74, 6) is 0.269. The van der Waals surface area contributed by atoms with Crippen molar-refractivity contribution in [1.29, 1.82) is 5.41 Å². The van der Waals surface area contributed by atoms with Gasteiger partial charge in [0.15, 0.2) is 0 Å². The summed E-state index contributed by atoms with van der Waals surface area (Å²) >= 11 is 0. The fourth-order valence-electron chi connectivity index (χ4n) is 2.76. The first-order valence-electron chi connectivity index (χ1n) is 7.61. The number of benzene rings is 1. The van der Waals surface area contributed by atoms with Crippen molar-refractivity contribution in [3.8, 4) is 0 Å². The van der Waals surface area contributed by atoms with E-state index in [-0.39, 0.29) is 5.84 Å². The SMILES string of the molecule is N=C(N)CCN(CCCN1CCCC1)c1ccccc1. The van der Waals surface area contributed by atoms with E-state index in [0.29, 0.717) is 6.42 Å². The zero-order valence-corrected chi connectivity index (χ0v) is 12.2. The number of nitrogens with two attached hydrogens (primary N) is 1. The van der Waals surface area contributed by atoms with Gasteiger partial charge in [-0.2, -0.15) is 0 Å².